The molecule has 1 aromatic carbocycles. The number of para-hydroxylation sites is 1. The summed E-state index contributed by atoms with van der Waals surface area (Å²) in [6, 6.07) is 4.17. The van der Waals surface area contributed by atoms with E-state index >= 15 is 0 Å². The third-order valence-corrected chi connectivity index (χ3v) is 5.67. The molecule has 1 aromatic rings. The fourth-order valence-corrected chi connectivity index (χ4v) is 4.46. The Bertz CT molecular complexity index is 644. The maximum absolute atomic E-state index is 12.5. The van der Waals surface area contributed by atoms with Gasteiger partial charge in [0.25, 0.3) is 0 Å². The Morgan fingerprint density at radius 2 is 1.83 bits per heavy atom. The van der Waals surface area contributed by atoms with Crippen LogP contribution in [-0.4, -0.2) is 27.4 Å². The van der Waals surface area contributed by atoms with Crippen LogP contribution in [0, 0.1) is 5.92 Å². The zero-order valence-corrected chi connectivity index (χ0v) is 13.9. The van der Waals surface area contributed by atoms with Crippen molar-refractivity contribution in [1.29, 1.82) is 0 Å². The van der Waals surface area contributed by atoms with Crippen molar-refractivity contribution < 1.29 is 26.3 Å². The molecule has 1 unspecified atom stereocenters. The molecule has 3 N–H and O–H groups in total. The topological polar surface area (TPSA) is 81.4 Å². The zero-order chi connectivity index (χ0) is 17.8. The summed E-state index contributed by atoms with van der Waals surface area (Å²) in [6.45, 7) is 0.0895. The molecule has 0 radical (unpaired) electrons. The number of hydrogen-bond acceptors (Lipinski definition) is 4. The number of benzene rings is 1. The lowest BCUT2D eigenvalue weighted by atomic mass is 9.84. The molecule has 24 heavy (non-hydrogen) atoms. The van der Waals surface area contributed by atoms with Gasteiger partial charge in [-0.25, -0.2) is 13.1 Å². The summed E-state index contributed by atoms with van der Waals surface area (Å²) in [5.41, 5.74) is 5.69. The Morgan fingerprint density at radius 1 is 1.21 bits per heavy atom. The number of nitrogens with two attached hydrogens (primary N) is 1. The summed E-state index contributed by atoms with van der Waals surface area (Å²) in [5, 5.41) is 0. The Balaban J connectivity index is 2.23. The normalized spacial score (nSPS) is 18.3. The fourth-order valence-electron chi connectivity index (χ4n) is 3.02. The number of nitrogens with one attached hydrogen (secondary N) is 1. The van der Waals surface area contributed by atoms with Crippen LogP contribution in [0.2, 0.25) is 0 Å². The van der Waals surface area contributed by atoms with Crippen molar-refractivity contribution in [3.8, 4) is 5.75 Å². The van der Waals surface area contributed by atoms with Gasteiger partial charge in [0, 0.05) is 12.6 Å². The van der Waals surface area contributed by atoms with Crippen molar-refractivity contribution in [2.75, 3.05) is 6.54 Å². The van der Waals surface area contributed by atoms with Crippen LogP contribution in [0.25, 0.3) is 0 Å². The van der Waals surface area contributed by atoms with Crippen molar-refractivity contribution in [3.05, 3.63) is 24.3 Å². The third kappa shape index (κ3) is 5.09. The maximum Gasteiger partial charge on any atom is 0.573 e. The molecule has 1 saturated carbocycles. The molecule has 136 valence electrons. The molecular formula is C15H21F3N2O3S. The molecule has 0 spiro atoms. The average Bonchev–Trinajstić information content (AvgIpc) is 2.52. The first-order valence-electron chi connectivity index (χ1n) is 7.80. The summed E-state index contributed by atoms with van der Waals surface area (Å²) < 4.78 is 68.8. The second-order valence-electron chi connectivity index (χ2n) is 5.86. The lowest BCUT2D eigenvalue weighted by molar-refractivity contribution is -0.275. The Hall–Kier alpha value is -1.32. The van der Waals surface area contributed by atoms with Crippen LogP contribution in [-0.2, 0) is 10.0 Å². The van der Waals surface area contributed by atoms with E-state index in [1.807, 2.05) is 0 Å². The smallest absolute Gasteiger partial charge is 0.404 e. The van der Waals surface area contributed by atoms with E-state index in [1.54, 1.807) is 0 Å². The lowest BCUT2D eigenvalue weighted by Gasteiger charge is -2.30. The van der Waals surface area contributed by atoms with Crippen LogP contribution in [0.4, 0.5) is 13.2 Å². The van der Waals surface area contributed by atoms with Crippen LogP contribution in [0.5, 0.6) is 5.75 Å². The van der Waals surface area contributed by atoms with Gasteiger partial charge < -0.3 is 10.5 Å². The summed E-state index contributed by atoms with van der Waals surface area (Å²) in [7, 11) is -4.18. The van der Waals surface area contributed by atoms with Crippen LogP contribution in [0.15, 0.2) is 29.2 Å². The highest BCUT2D eigenvalue weighted by Crippen LogP contribution is 2.31. The largest absolute Gasteiger partial charge is 0.573 e. The second kappa shape index (κ2) is 7.71. The molecule has 0 amide bonds. The van der Waals surface area contributed by atoms with E-state index in [2.05, 4.69) is 9.46 Å². The molecule has 5 nitrogen and oxygen atoms in total. The van der Waals surface area contributed by atoms with E-state index in [4.69, 9.17) is 5.73 Å². The molecule has 1 aliphatic rings. The van der Waals surface area contributed by atoms with Crippen molar-refractivity contribution in [2.45, 2.75) is 49.4 Å². The van der Waals surface area contributed by atoms with E-state index < -0.39 is 33.1 Å². The molecular weight excluding hydrogens is 345 g/mol. The predicted molar refractivity (Wildman–Crippen MR) is 82.9 cm³/mol. The van der Waals surface area contributed by atoms with Gasteiger partial charge in [0.2, 0.25) is 10.0 Å². The third-order valence-electron chi connectivity index (χ3n) is 4.14. The summed E-state index contributed by atoms with van der Waals surface area (Å²) >= 11 is 0. The number of hydrogen-bond donors (Lipinski definition) is 2. The van der Waals surface area contributed by atoms with Gasteiger partial charge in [-0.2, -0.15) is 0 Å². The molecule has 1 aliphatic carbocycles. The molecule has 9 heteroatoms. The first-order chi connectivity index (χ1) is 11.2. The number of halogens is 3. The van der Waals surface area contributed by atoms with Crippen LogP contribution >= 0.6 is 0 Å². The summed E-state index contributed by atoms with van der Waals surface area (Å²) in [5.74, 6) is -0.661. The standard InChI is InChI=1S/C15H21F3N2O3S/c16-15(17,18)23-13-8-4-5-9-14(13)24(21,22)20-12(10-19)11-6-2-1-3-7-11/h4-5,8-9,11-12,20H,1-3,6-7,10,19H2. The first kappa shape index (κ1) is 19.0. The fraction of sp³-hybridized carbons (Fsp3) is 0.600. The predicted octanol–water partition coefficient (Wildman–Crippen LogP) is 2.77. The van der Waals surface area contributed by atoms with Crippen molar-refractivity contribution >= 4 is 10.0 Å². The van der Waals surface area contributed by atoms with E-state index in [-0.39, 0.29) is 12.5 Å². The second-order valence-corrected chi connectivity index (χ2v) is 7.54. The van der Waals surface area contributed by atoms with E-state index in [0.29, 0.717) is 0 Å². The van der Waals surface area contributed by atoms with E-state index in [9.17, 15) is 21.6 Å². The molecule has 2 rings (SSSR count). The van der Waals surface area contributed by atoms with Crippen molar-refractivity contribution in [3.63, 3.8) is 0 Å². The Kier molecular flexibility index (Phi) is 6.11. The van der Waals surface area contributed by atoms with Gasteiger partial charge in [-0.3, -0.25) is 0 Å². The van der Waals surface area contributed by atoms with Gasteiger partial charge in [0.1, 0.15) is 10.6 Å². The molecule has 1 atom stereocenters. The maximum atomic E-state index is 12.5. The van der Waals surface area contributed by atoms with Crippen LogP contribution < -0.4 is 15.2 Å². The monoisotopic (exact) mass is 366 g/mol. The van der Waals surface area contributed by atoms with E-state index in [0.717, 1.165) is 44.2 Å². The summed E-state index contributed by atoms with van der Waals surface area (Å²) in [4.78, 5) is -0.545. The Labute approximate surface area is 139 Å². The zero-order valence-electron chi connectivity index (χ0n) is 13.1. The summed E-state index contributed by atoms with van der Waals surface area (Å²) in [6.07, 6.45) is -0.172. The molecule has 1 fully saturated rings. The van der Waals surface area contributed by atoms with Gasteiger partial charge in [0.05, 0.1) is 0 Å². The average molecular weight is 366 g/mol. The number of alkyl halides is 3. The SMILES string of the molecule is NCC(NS(=O)(=O)c1ccccc1OC(F)(F)F)C1CCCCC1. The van der Waals surface area contributed by atoms with Gasteiger partial charge in [-0.1, -0.05) is 31.4 Å². The van der Waals surface area contributed by atoms with Gasteiger partial charge in [0.15, 0.2) is 0 Å². The minimum absolute atomic E-state index is 0.0895. The van der Waals surface area contributed by atoms with Crippen LogP contribution in [0.1, 0.15) is 32.1 Å². The molecule has 0 saturated heterocycles. The highest BCUT2D eigenvalue weighted by molar-refractivity contribution is 7.89. The van der Waals surface area contributed by atoms with E-state index in [1.165, 1.54) is 12.1 Å². The Morgan fingerprint density at radius 3 is 2.42 bits per heavy atom. The molecule has 0 aromatic heterocycles. The van der Waals surface area contributed by atoms with Crippen LogP contribution in [0.3, 0.4) is 0 Å². The number of ether oxygens (including phenoxy) is 1. The highest BCUT2D eigenvalue weighted by Gasteiger charge is 2.35. The minimum atomic E-state index is -4.97. The van der Waals surface area contributed by atoms with Gasteiger partial charge in [-0.05, 0) is 30.9 Å². The van der Waals surface area contributed by atoms with Crippen molar-refractivity contribution in [1.82, 2.24) is 4.72 Å². The lowest BCUT2D eigenvalue weighted by Crippen LogP contribution is -2.45. The first-order valence-corrected chi connectivity index (χ1v) is 9.28. The van der Waals surface area contributed by atoms with Gasteiger partial charge >= 0.3 is 6.36 Å². The van der Waals surface area contributed by atoms with Gasteiger partial charge in [-0.15, -0.1) is 13.2 Å². The molecule has 0 aliphatic heterocycles. The number of sulfonamides is 1. The molecule has 0 heterocycles. The highest BCUT2D eigenvalue weighted by atomic mass is 32.2. The number of rotatable bonds is 6. The quantitative estimate of drug-likeness (QED) is 0.811. The molecule has 0 bridgehead atoms. The minimum Gasteiger partial charge on any atom is -0.404 e. The van der Waals surface area contributed by atoms with Crippen molar-refractivity contribution in [2.24, 2.45) is 11.7 Å².